The quantitative estimate of drug-likeness (QED) is 0.442. The van der Waals surface area contributed by atoms with Gasteiger partial charge in [-0.15, -0.1) is 0 Å². The number of ether oxygens (including phenoxy) is 1. The molecule has 6 heteroatoms. The molecule has 2 unspecified atom stereocenters. The number of para-hydroxylation sites is 2. The summed E-state index contributed by atoms with van der Waals surface area (Å²) >= 11 is 0. The average molecular weight is 499 g/mol. The minimum atomic E-state index is -0.0248. The molecule has 2 aliphatic heterocycles. The van der Waals surface area contributed by atoms with E-state index in [0.717, 1.165) is 41.8 Å². The van der Waals surface area contributed by atoms with Gasteiger partial charge in [0.2, 0.25) is 5.88 Å². The molecule has 3 aromatic rings. The molecular weight excluding hydrogens is 460 g/mol. The molecule has 4 aliphatic rings. The molecule has 0 spiro atoms. The van der Waals surface area contributed by atoms with Gasteiger partial charge >= 0.3 is 0 Å². The molecule has 4 heterocycles. The lowest BCUT2D eigenvalue weighted by Gasteiger charge is -2.55. The number of methoxy groups -OCH3 is 1. The highest BCUT2D eigenvalue weighted by Gasteiger charge is 2.45. The summed E-state index contributed by atoms with van der Waals surface area (Å²) < 4.78 is 7.42. The number of nitrogens with zero attached hydrogens (tertiary/aromatic N) is 4. The average Bonchev–Trinajstić information content (AvgIpc) is 2.92. The van der Waals surface area contributed by atoms with Crippen LogP contribution in [0.1, 0.15) is 76.7 Å². The molecule has 2 aromatic heterocycles. The predicted octanol–water partition coefficient (Wildman–Crippen LogP) is 5.99. The Bertz CT molecular complexity index is 1330. The van der Waals surface area contributed by atoms with E-state index in [1.165, 1.54) is 57.8 Å². The van der Waals surface area contributed by atoms with Crippen LogP contribution in [-0.2, 0) is 0 Å². The third kappa shape index (κ3) is 4.18. The van der Waals surface area contributed by atoms with Crippen LogP contribution in [-0.4, -0.2) is 44.7 Å². The third-order valence-corrected chi connectivity index (χ3v) is 9.87. The molecule has 6 nitrogen and oxygen atoms in total. The lowest BCUT2D eigenvalue weighted by atomic mass is 9.68. The second-order valence-electron chi connectivity index (χ2n) is 12.0. The summed E-state index contributed by atoms with van der Waals surface area (Å²) in [5.41, 5.74) is 2.78. The monoisotopic (exact) mass is 498 g/mol. The first kappa shape index (κ1) is 23.4. The lowest BCUT2D eigenvalue weighted by Crippen LogP contribution is -2.58. The van der Waals surface area contributed by atoms with Crippen molar-refractivity contribution in [3.05, 3.63) is 52.8 Å². The van der Waals surface area contributed by atoms with Crippen molar-refractivity contribution in [3.8, 4) is 17.3 Å². The van der Waals surface area contributed by atoms with Crippen molar-refractivity contribution in [1.29, 1.82) is 0 Å². The predicted molar refractivity (Wildman–Crippen MR) is 146 cm³/mol. The highest BCUT2D eigenvalue weighted by atomic mass is 16.5. The Morgan fingerprint density at radius 1 is 0.757 bits per heavy atom. The smallest absolute Gasteiger partial charge is 0.279 e. The molecule has 2 saturated carbocycles. The fourth-order valence-corrected chi connectivity index (χ4v) is 8.48. The van der Waals surface area contributed by atoms with Crippen molar-refractivity contribution in [2.45, 2.75) is 94.8 Å². The van der Waals surface area contributed by atoms with E-state index in [0.29, 0.717) is 29.4 Å². The molecule has 0 radical (unpaired) electrons. The van der Waals surface area contributed by atoms with Gasteiger partial charge in [-0.25, -0.2) is 9.97 Å². The number of rotatable bonds is 4. The van der Waals surface area contributed by atoms with E-state index in [-0.39, 0.29) is 11.6 Å². The molecule has 6 atom stereocenters. The van der Waals surface area contributed by atoms with Gasteiger partial charge in [0.25, 0.3) is 5.56 Å². The molecule has 37 heavy (non-hydrogen) atoms. The fourth-order valence-electron chi connectivity index (χ4n) is 8.48. The normalized spacial score (nSPS) is 31.8. The van der Waals surface area contributed by atoms with Gasteiger partial charge in [-0.1, -0.05) is 43.9 Å². The first-order valence-corrected chi connectivity index (χ1v) is 14.5. The molecule has 7 rings (SSSR count). The van der Waals surface area contributed by atoms with Gasteiger partial charge in [0.05, 0.1) is 23.8 Å². The van der Waals surface area contributed by atoms with E-state index in [1.807, 2.05) is 30.3 Å². The minimum absolute atomic E-state index is 0.0248. The minimum Gasteiger partial charge on any atom is -0.481 e. The van der Waals surface area contributed by atoms with Crippen molar-refractivity contribution in [2.24, 2.45) is 11.8 Å². The van der Waals surface area contributed by atoms with Crippen LogP contribution >= 0.6 is 0 Å². The highest BCUT2D eigenvalue weighted by molar-refractivity contribution is 5.77. The van der Waals surface area contributed by atoms with Crippen LogP contribution in [0.4, 0.5) is 0 Å². The van der Waals surface area contributed by atoms with Gasteiger partial charge in [0, 0.05) is 30.2 Å². The largest absolute Gasteiger partial charge is 0.481 e. The van der Waals surface area contributed by atoms with Crippen molar-refractivity contribution in [1.82, 2.24) is 19.4 Å². The van der Waals surface area contributed by atoms with E-state index < -0.39 is 0 Å². The number of hydrogen-bond acceptors (Lipinski definition) is 5. The number of pyridine rings is 1. The molecule has 4 bridgehead atoms. The summed E-state index contributed by atoms with van der Waals surface area (Å²) in [5.74, 6) is 2.39. The van der Waals surface area contributed by atoms with Crippen molar-refractivity contribution in [3.63, 3.8) is 0 Å². The molecule has 1 aromatic carbocycles. The Kier molecular flexibility index (Phi) is 6.03. The molecule has 194 valence electrons. The molecule has 0 N–H and O–H groups in total. The maximum atomic E-state index is 14.1. The maximum absolute atomic E-state index is 14.1. The standard InChI is InChI=1S/C31H38N4O2/c1-37-29-14-6-12-27(32-29)30-31(36)35(28-13-3-2-11-26(28)33-30)25-18-22-9-5-10-23(19-25)34(22)24-16-20-7-4-8-21(15-20)17-24/h2-3,6,11-14,20-25H,4-5,7-10,15-19H2,1H3/t20-,21+,22-,23+,24?,25?. The van der Waals surface area contributed by atoms with Gasteiger partial charge in [0.1, 0.15) is 0 Å². The van der Waals surface area contributed by atoms with Gasteiger partial charge in [-0.2, -0.15) is 0 Å². The van der Waals surface area contributed by atoms with E-state index >= 15 is 0 Å². The van der Waals surface area contributed by atoms with Gasteiger partial charge in [-0.05, 0) is 75.0 Å². The van der Waals surface area contributed by atoms with Crippen LogP contribution in [0.5, 0.6) is 5.88 Å². The van der Waals surface area contributed by atoms with Crippen LogP contribution in [0.25, 0.3) is 22.4 Å². The molecular formula is C31H38N4O2. The Morgan fingerprint density at radius 2 is 1.49 bits per heavy atom. The summed E-state index contributed by atoms with van der Waals surface area (Å²) in [6, 6.07) is 15.8. The third-order valence-electron chi connectivity index (χ3n) is 9.87. The van der Waals surface area contributed by atoms with Gasteiger partial charge in [-0.3, -0.25) is 9.69 Å². The zero-order valence-corrected chi connectivity index (χ0v) is 21.9. The zero-order chi connectivity index (χ0) is 24.9. The van der Waals surface area contributed by atoms with E-state index in [1.54, 1.807) is 13.2 Å². The SMILES string of the molecule is COc1cccc(-c2nc3ccccc3n(C3C[C@H]4CCC[C@@H](C3)N4C3C[C@H]4CCC[C@@H](C3)C4)c2=O)n1. The van der Waals surface area contributed by atoms with Crippen LogP contribution in [0, 0.1) is 11.8 Å². The topological polar surface area (TPSA) is 60.2 Å². The van der Waals surface area contributed by atoms with Crippen molar-refractivity contribution in [2.75, 3.05) is 7.11 Å². The Balaban J connectivity index is 1.26. The van der Waals surface area contributed by atoms with Gasteiger partial charge < -0.3 is 9.30 Å². The summed E-state index contributed by atoms with van der Waals surface area (Å²) in [5, 5.41) is 0. The summed E-state index contributed by atoms with van der Waals surface area (Å²) in [6.45, 7) is 0. The zero-order valence-electron chi connectivity index (χ0n) is 21.9. The van der Waals surface area contributed by atoms with Crippen molar-refractivity contribution >= 4 is 11.0 Å². The summed E-state index contributed by atoms with van der Waals surface area (Å²) in [4.78, 5) is 26.5. The summed E-state index contributed by atoms with van der Waals surface area (Å²) in [6.07, 6.45) is 14.6. The van der Waals surface area contributed by atoms with Gasteiger partial charge in [0.15, 0.2) is 5.69 Å². The number of hydrogen-bond donors (Lipinski definition) is 0. The van der Waals surface area contributed by atoms with E-state index in [2.05, 4.69) is 20.5 Å². The van der Waals surface area contributed by atoms with E-state index in [9.17, 15) is 4.79 Å². The van der Waals surface area contributed by atoms with Crippen molar-refractivity contribution < 1.29 is 4.74 Å². The number of benzene rings is 1. The number of piperidine rings is 2. The highest BCUT2D eigenvalue weighted by Crippen LogP contribution is 2.47. The van der Waals surface area contributed by atoms with Crippen LogP contribution in [0.15, 0.2) is 47.3 Å². The second kappa shape index (κ2) is 9.54. The molecule has 2 saturated heterocycles. The molecule has 0 amide bonds. The Morgan fingerprint density at radius 3 is 2.24 bits per heavy atom. The first-order valence-electron chi connectivity index (χ1n) is 14.5. The fraction of sp³-hybridized carbons (Fsp3) is 0.581. The second-order valence-corrected chi connectivity index (χ2v) is 12.0. The number of aromatic nitrogens is 3. The Labute approximate surface area is 219 Å². The van der Waals surface area contributed by atoms with E-state index in [4.69, 9.17) is 9.72 Å². The first-order chi connectivity index (χ1) is 18.2. The van der Waals surface area contributed by atoms with Crippen LogP contribution in [0.2, 0.25) is 0 Å². The number of fused-ring (bicyclic) bond motifs is 5. The van der Waals surface area contributed by atoms with Crippen LogP contribution in [0.3, 0.4) is 0 Å². The Hall–Kier alpha value is -2.73. The summed E-state index contributed by atoms with van der Waals surface area (Å²) in [7, 11) is 1.60. The maximum Gasteiger partial charge on any atom is 0.279 e. The molecule has 2 aliphatic carbocycles. The molecule has 4 fully saturated rings. The van der Waals surface area contributed by atoms with Crippen LogP contribution < -0.4 is 10.3 Å². The lowest BCUT2D eigenvalue weighted by molar-refractivity contribution is -0.0485.